The summed E-state index contributed by atoms with van der Waals surface area (Å²) in [6.07, 6.45) is 3.29. The zero-order valence-corrected chi connectivity index (χ0v) is 6.72. The summed E-state index contributed by atoms with van der Waals surface area (Å²) in [5, 5.41) is 17.7. The van der Waals surface area contributed by atoms with Crippen LogP contribution in [0.15, 0.2) is 12.4 Å². The fourth-order valence-corrected chi connectivity index (χ4v) is 1.07. The molecule has 68 valence electrons. The summed E-state index contributed by atoms with van der Waals surface area (Å²) in [6, 6.07) is -0.328. The second-order valence-corrected chi connectivity index (χ2v) is 2.47. The number of aromatic nitrogens is 2. The quantitative estimate of drug-likeness (QED) is 0.535. The van der Waals surface area contributed by atoms with Crippen LogP contribution >= 0.6 is 0 Å². The van der Waals surface area contributed by atoms with E-state index in [1.165, 1.54) is 0 Å². The van der Waals surface area contributed by atoms with Crippen molar-refractivity contribution in [2.45, 2.75) is 12.6 Å². The van der Waals surface area contributed by atoms with E-state index in [1.807, 2.05) is 0 Å². The second-order valence-electron chi connectivity index (χ2n) is 2.47. The number of nitrogens with two attached hydrogens (primary N) is 1. The third-order valence-corrected chi connectivity index (χ3v) is 1.75. The molecule has 0 radical (unpaired) electrons. The largest absolute Gasteiger partial charge is 0.394 e. The topological polar surface area (TPSA) is 84.3 Å². The van der Waals surface area contributed by atoms with E-state index in [4.69, 9.17) is 15.9 Å². The van der Waals surface area contributed by atoms with Crippen LogP contribution in [0.2, 0.25) is 0 Å². The molecule has 0 saturated carbocycles. The molecule has 0 fully saturated rings. The predicted molar refractivity (Wildman–Crippen MR) is 43.3 cm³/mol. The molecule has 0 saturated heterocycles. The van der Waals surface area contributed by atoms with Gasteiger partial charge in [-0.3, -0.25) is 0 Å². The van der Waals surface area contributed by atoms with Gasteiger partial charge >= 0.3 is 0 Å². The molecule has 4 N–H and O–H groups in total. The van der Waals surface area contributed by atoms with Crippen molar-refractivity contribution in [2.24, 2.45) is 5.73 Å². The smallest absolute Gasteiger partial charge is 0.122 e. The van der Waals surface area contributed by atoms with E-state index in [1.54, 1.807) is 17.0 Å². The van der Waals surface area contributed by atoms with Gasteiger partial charge in [0, 0.05) is 12.4 Å². The molecular weight excluding hydrogens is 158 g/mol. The Morgan fingerprint density at radius 1 is 1.50 bits per heavy atom. The molecule has 1 aromatic rings. The Bertz CT molecular complexity index is 232. The first-order valence-corrected chi connectivity index (χ1v) is 3.77. The van der Waals surface area contributed by atoms with Crippen LogP contribution in [0, 0.1) is 0 Å². The molecule has 0 amide bonds. The maximum atomic E-state index is 8.87. The van der Waals surface area contributed by atoms with E-state index in [2.05, 4.69) is 4.98 Å². The van der Waals surface area contributed by atoms with Crippen LogP contribution in [0.3, 0.4) is 0 Å². The number of nitrogens with zero attached hydrogens (tertiary/aromatic N) is 2. The Labute approximate surface area is 70.5 Å². The zero-order chi connectivity index (χ0) is 8.97. The fraction of sp³-hybridized carbons (Fsp3) is 0.571. The number of rotatable bonds is 4. The molecule has 1 rings (SSSR count). The molecule has 0 unspecified atom stereocenters. The number of imidazole rings is 1. The van der Waals surface area contributed by atoms with E-state index in [0.717, 1.165) is 0 Å². The van der Waals surface area contributed by atoms with E-state index in [0.29, 0.717) is 12.4 Å². The van der Waals surface area contributed by atoms with Crippen LogP contribution in [-0.4, -0.2) is 33.0 Å². The van der Waals surface area contributed by atoms with Crippen molar-refractivity contribution in [3.63, 3.8) is 0 Å². The van der Waals surface area contributed by atoms with Crippen molar-refractivity contribution in [1.82, 2.24) is 9.55 Å². The third-order valence-electron chi connectivity index (χ3n) is 1.75. The molecule has 0 aliphatic carbocycles. The third kappa shape index (κ3) is 1.63. The molecule has 1 heterocycles. The highest BCUT2D eigenvalue weighted by Gasteiger charge is 2.10. The molecule has 0 aliphatic heterocycles. The number of hydrogen-bond donors (Lipinski definition) is 3. The Kier molecular flexibility index (Phi) is 3.21. The maximum absolute atomic E-state index is 8.87. The van der Waals surface area contributed by atoms with Crippen LogP contribution in [0.5, 0.6) is 0 Å². The van der Waals surface area contributed by atoms with Crippen LogP contribution in [0.1, 0.15) is 11.9 Å². The van der Waals surface area contributed by atoms with Crippen molar-refractivity contribution in [3.8, 4) is 0 Å². The summed E-state index contributed by atoms with van der Waals surface area (Å²) in [6.45, 7) is 0.0865. The minimum Gasteiger partial charge on any atom is -0.394 e. The summed E-state index contributed by atoms with van der Waals surface area (Å²) in [5.41, 5.74) is 5.40. The lowest BCUT2D eigenvalue weighted by atomic mass is 10.3. The summed E-state index contributed by atoms with van der Waals surface area (Å²) in [5.74, 6) is 0.670. The number of hydrogen-bond acceptors (Lipinski definition) is 4. The first kappa shape index (κ1) is 9.18. The molecule has 5 nitrogen and oxygen atoms in total. The molecule has 0 aliphatic rings. The minimum atomic E-state index is -0.328. The molecule has 1 aromatic heterocycles. The van der Waals surface area contributed by atoms with E-state index >= 15 is 0 Å². The SMILES string of the molecule is NCc1nccn1C(CO)CO. The Morgan fingerprint density at radius 3 is 2.67 bits per heavy atom. The van der Waals surface area contributed by atoms with E-state index in [-0.39, 0.29) is 19.3 Å². The summed E-state index contributed by atoms with van der Waals surface area (Å²) in [7, 11) is 0. The fourth-order valence-electron chi connectivity index (χ4n) is 1.07. The van der Waals surface area contributed by atoms with Gasteiger partial charge in [-0.15, -0.1) is 0 Å². The maximum Gasteiger partial charge on any atom is 0.122 e. The van der Waals surface area contributed by atoms with Crippen molar-refractivity contribution in [3.05, 3.63) is 18.2 Å². The standard InChI is InChI=1S/C7H13N3O2/c8-3-7-9-1-2-10(7)6(4-11)5-12/h1-2,6,11-12H,3-5,8H2. The molecule has 0 spiro atoms. The average molecular weight is 171 g/mol. The highest BCUT2D eigenvalue weighted by Crippen LogP contribution is 2.07. The average Bonchev–Trinajstić information content (AvgIpc) is 2.55. The summed E-state index contributed by atoms with van der Waals surface area (Å²) in [4.78, 5) is 3.97. The first-order valence-electron chi connectivity index (χ1n) is 3.77. The van der Waals surface area contributed by atoms with Gasteiger partial charge < -0.3 is 20.5 Å². The predicted octanol–water partition coefficient (Wildman–Crippen LogP) is -1.13. The summed E-state index contributed by atoms with van der Waals surface area (Å²) >= 11 is 0. The van der Waals surface area contributed by atoms with Crippen LogP contribution in [0.25, 0.3) is 0 Å². The molecule has 0 aromatic carbocycles. The van der Waals surface area contributed by atoms with Gasteiger partial charge in [-0.2, -0.15) is 0 Å². The lowest BCUT2D eigenvalue weighted by Gasteiger charge is -2.14. The van der Waals surface area contributed by atoms with Gasteiger partial charge in [-0.1, -0.05) is 0 Å². The van der Waals surface area contributed by atoms with Gasteiger partial charge in [0.2, 0.25) is 0 Å². The van der Waals surface area contributed by atoms with Gasteiger partial charge in [0.05, 0.1) is 25.8 Å². The number of aliphatic hydroxyl groups is 2. The van der Waals surface area contributed by atoms with Gasteiger partial charge in [0.15, 0.2) is 0 Å². The van der Waals surface area contributed by atoms with Crippen molar-refractivity contribution in [2.75, 3.05) is 13.2 Å². The monoisotopic (exact) mass is 171 g/mol. The van der Waals surface area contributed by atoms with E-state index in [9.17, 15) is 0 Å². The molecular formula is C7H13N3O2. The van der Waals surface area contributed by atoms with Gasteiger partial charge in [-0.25, -0.2) is 4.98 Å². The van der Waals surface area contributed by atoms with Gasteiger partial charge in [0.25, 0.3) is 0 Å². The van der Waals surface area contributed by atoms with Crippen molar-refractivity contribution < 1.29 is 10.2 Å². The second kappa shape index (κ2) is 4.20. The molecule has 0 bridgehead atoms. The van der Waals surface area contributed by atoms with Crippen LogP contribution < -0.4 is 5.73 Å². The first-order chi connectivity index (χ1) is 5.83. The van der Waals surface area contributed by atoms with Gasteiger partial charge in [0.1, 0.15) is 5.82 Å². The Hall–Kier alpha value is -0.910. The minimum absolute atomic E-state index is 0.111. The number of aliphatic hydroxyl groups excluding tert-OH is 2. The lowest BCUT2D eigenvalue weighted by Crippen LogP contribution is -2.20. The molecule has 12 heavy (non-hydrogen) atoms. The lowest BCUT2D eigenvalue weighted by molar-refractivity contribution is 0.152. The zero-order valence-electron chi connectivity index (χ0n) is 6.72. The van der Waals surface area contributed by atoms with Crippen LogP contribution in [0.4, 0.5) is 0 Å². The molecule has 0 atom stereocenters. The van der Waals surface area contributed by atoms with Crippen molar-refractivity contribution >= 4 is 0 Å². The van der Waals surface area contributed by atoms with Crippen LogP contribution in [-0.2, 0) is 6.54 Å². The molecule has 5 heteroatoms. The normalized spacial score (nSPS) is 11.0. The van der Waals surface area contributed by atoms with E-state index < -0.39 is 0 Å². The Balaban J connectivity index is 2.83. The van der Waals surface area contributed by atoms with Gasteiger partial charge in [-0.05, 0) is 0 Å². The summed E-state index contributed by atoms with van der Waals surface area (Å²) < 4.78 is 1.68. The highest BCUT2D eigenvalue weighted by atomic mass is 16.3. The van der Waals surface area contributed by atoms with Crippen molar-refractivity contribution in [1.29, 1.82) is 0 Å². The highest BCUT2D eigenvalue weighted by molar-refractivity contribution is 4.94. The Morgan fingerprint density at radius 2 is 2.17 bits per heavy atom.